The SMILES string of the molecule is CC(=O)c1ccc(NC(=O)C(=O)N2C(C)CC3CCCCC32)cc1. The van der Waals surface area contributed by atoms with Gasteiger partial charge in [0.25, 0.3) is 0 Å². The van der Waals surface area contributed by atoms with E-state index in [1.165, 1.54) is 13.3 Å². The summed E-state index contributed by atoms with van der Waals surface area (Å²) in [4.78, 5) is 38.1. The smallest absolute Gasteiger partial charge is 0.313 e. The maximum atomic E-state index is 12.6. The summed E-state index contributed by atoms with van der Waals surface area (Å²) in [6, 6.07) is 6.94. The molecule has 2 aliphatic rings. The summed E-state index contributed by atoms with van der Waals surface area (Å²) >= 11 is 0. The summed E-state index contributed by atoms with van der Waals surface area (Å²) in [5, 5.41) is 2.66. The standard InChI is InChI=1S/C19H24N2O3/c1-12-11-15-5-3-4-6-17(15)21(12)19(24)18(23)20-16-9-7-14(8-10-16)13(2)22/h7-10,12,15,17H,3-6,11H2,1-2H3,(H,20,23). The zero-order valence-corrected chi connectivity index (χ0v) is 14.2. The van der Waals surface area contributed by atoms with Crippen LogP contribution in [0.4, 0.5) is 5.69 Å². The first-order chi connectivity index (χ1) is 11.5. The number of amides is 2. The topological polar surface area (TPSA) is 66.5 Å². The lowest BCUT2D eigenvalue weighted by atomic mass is 9.85. The molecule has 1 aliphatic heterocycles. The zero-order chi connectivity index (χ0) is 17.3. The van der Waals surface area contributed by atoms with Gasteiger partial charge in [0.2, 0.25) is 0 Å². The second-order valence-corrected chi connectivity index (χ2v) is 7.00. The molecule has 1 aromatic carbocycles. The Morgan fingerprint density at radius 2 is 1.75 bits per heavy atom. The molecule has 1 saturated carbocycles. The lowest BCUT2D eigenvalue weighted by Crippen LogP contribution is -2.47. The highest BCUT2D eigenvalue weighted by Gasteiger charge is 2.44. The number of Topliss-reactive ketones (excluding diaryl/α,β-unsaturated/α-hetero) is 1. The fourth-order valence-electron chi connectivity index (χ4n) is 4.15. The quantitative estimate of drug-likeness (QED) is 0.670. The number of nitrogens with zero attached hydrogens (tertiary/aromatic N) is 1. The summed E-state index contributed by atoms with van der Waals surface area (Å²) in [5.41, 5.74) is 1.11. The predicted molar refractivity (Wildman–Crippen MR) is 91.7 cm³/mol. The number of nitrogens with one attached hydrogen (secondary N) is 1. The Hall–Kier alpha value is -2.17. The van der Waals surface area contributed by atoms with E-state index in [9.17, 15) is 14.4 Å². The molecule has 3 rings (SSSR count). The number of ketones is 1. The van der Waals surface area contributed by atoms with Gasteiger partial charge in [-0.05, 0) is 63.3 Å². The fraction of sp³-hybridized carbons (Fsp3) is 0.526. The van der Waals surface area contributed by atoms with Crippen LogP contribution in [0, 0.1) is 5.92 Å². The number of carbonyl (C=O) groups is 3. The molecule has 1 aliphatic carbocycles. The maximum absolute atomic E-state index is 12.6. The molecule has 0 spiro atoms. The Morgan fingerprint density at radius 1 is 1.08 bits per heavy atom. The van der Waals surface area contributed by atoms with Gasteiger partial charge in [-0.1, -0.05) is 12.8 Å². The van der Waals surface area contributed by atoms with Gasteiger partial charge in [0.1, 0.15) is 0 Å². The van der Waals surface area contributed by atoms with Crippen molar-refractivity contribution >= 4 is 23.3 Å². The van der Waals surface area contributed by atoms with Crippen molar-refractivity contribution in [3.05, 3.63) is 29.8 Å². The molecule has 1 heterocycles. The first kappa shape index (κ1) is 16.7. The summed E-state index contributed by atoms with van der Waals surface area (Å²) in [6.45, 7) is 3.53. The number of benzene rings is 1. The van der Waals surface area contributed by atoms with Crippen molar-refractivity contribution < 1.29 is 14.4 Å². The first-order valence-electron chi connectivity index (χ1n) is 8.72. The second kappa shape index (κ2) is 6.75. The molecule has 3 atom stereocenters. The average molecular weight is 328 g/mol. The Bertz CT molecular complexity index is 653. The van der Waals surface area contributed by atoms with Gasteiger partial charge in [-0.2, -0.15) is 0 Å². The third kappa shape index (κ3) is 3.21. The Labute approximate surface area is 142 Å². The van der Waals surface area contributed by atoms with Crippen LogP contribution in [0.1, 0.15) is 56.3 Å². The first-order valence-corrected chi connectivity index (χ1v) is 8.72. The third-order valence-corrected chi connectivity index (χ3v) is 5.32. The molecule has 5 nitrogen and oxygen atoms in total. The summed E-state index contributed by atoms with van der Waals surface area (Å²) < 4.78 is 0. The number of likely N-dealkylation sites (tertiary alicyclic amines) is 1. The van der Waals surface area contributed by atoms with E-state index in [4.69, 9.17) is 0 Å². The molecule has 128 valence electrons. The molecule has 24 heavy (non-hydrogen) atoms. The van der Waals surface area contributed by atoms with Crippen molar-refractivity contribution in [2.45, 2.75) is 58.0 Å². The van der Waals surface area contributed by atoms with Gasteiger partial charge in [-0.15, -0.1) is 0 Å². The van der Waals surface area contributed by atoms with Crippen LogP contribution in [0.15, 0.2) is 24.3 Å². The van der Waals surface area contributed by atoms with Crippen LogP contribution in [0.5, 0.6) is 0 Å². The minimum absolute atomic E-state index is 0.0295. The molecule has 1 N–H and O–H groups in total. The molecule has 0 radical (unpaired) electrons. The highest BCUT2D eigenvalue weighted by molar-refractivity contribution is 6.39. The van der Waals surface area contributed by atoms with E-state index in [1.807, 2.05) is 6.92 Å². The lowest BCUT2D eigenvalue weighted by Gasteiger charge is -2.32. The highest BCUT2D eigenvalue weighted by atomic mass is 16.2. The maximum Gasteiger partial charge on any atom is 0.313 e. The molecule has 5 heteroatoms. The monoisotopic (exact) mass is 328 g/mol. The second-order valence-electron chi connectivity index (χ2n) is 7.00. The molecular formula is C19H24N2O3. The normalized spacial score (nSPS) is 25.9. The zero-order valence-electron chi connectivity index (χ0n) is 14.2. The van der Waals surface area contributed by atoms with Crippen LogP contribution in [-0.2, 0) is 9.59 Å². The van der Waals surface area contributed by atoms with Crippen LogP contribution in [-0.4, -0.2) is 34.6 Å². The molecule has 0 bridgehead atoms. The Balaban J connectivity index is 1.68. The third-order valence-electron chi connectivity index (χ3n) is 5.32. The number of anilines is 1. The van der Waals surface area contributed by atoms with Crippen LogP contribution >= 0.6 is 0 Å². The molecule has 2 fully saturated rings. The van der Waals surface area contributed by atoms with E-state index in [0.29, 0.717) is 17.2 Å². The van der Waals surface area contributed by atoms with Crippen LogP contribution in [0.25, 0.3) is 0 Å². The van der Waals surface area contributed by atoms with E-state index in [2.05, 4.69) is 5.32 Å². The number of fused-ring (bicyclic) bond motifs is 1. The number of hydrogen-bond acceptors (Lipinski definition) is 3. The average Bonchev–Trinajstić information content (AvgIpc) is 2.90. The summed E-state index contributed by atoms with van der Waals surface area (Å²) in [5.74, 6) is -0.519. The van der Waals surface area contributed by atoms with Gasteiger partial charge in [0, 0.05) is 23.3 Å². The van der Waals surface area contributed by atoms with Gasteiger partial charge in [0.05, 0.1) is 0 Å². The highest BCUT2D eigenvalue weighted by Crippen LogP contribution is 2.39. The number of rotatable bonds is 2. The van der Waals surface area contributed by atoms with Crippen LogP contribution in [0.2, 0.25) is 0 Å². The van der Waals surface area contributed by atoms with Crippen LogP contribution in [0.3, 0.4) is 0 Å². The van der Waals surface area contributed by atoms with Gasteiger partial charge in [-0.3, -0.25) is 14.4 Å². The van der Waals surface area contributed by atoms with Crippen LogP contribution < -0.4 is 5.32 Å². The summed E-state index contributed by atoms with van der Waals surface area (Å²) in [7, 11) is 0. The van der Waals surface area contributed by atoms with Crippen molar-refractivity contribution in [2.24, 2.45) is 5.92 Å². The molecule has 3 unspecified atom stereocenters. The van der Waals surface area contributed by atoms with Gasteiger partial charge in [0.15, 0.2) is 5.78 Å². The van der Waals surface area contributed by atoms with E-state index < -0.39 is 11.8 Å². The van der Waals surface area contributed by atoms with Crippen molar-refractivity contribution in [3.63, 3.8) is 0 Å². The number of carbonyl (C=O) groups excluding carboxylic acids is 3. The van der Waals surface area contributed by atoms with E-state index in [0.717, 1.165) is 25.7 Å². The molecular weight excluding hydrogens is 304 g/mol. The van der Waals surface area contributed by atoms with Crippen molar-refractivity contribution in [3.8, 4) is 0 Å². The van der Waals surface area contributed by atoms with Gasteiger partial charge < -0.3 is 10.2 Å². The molecule has 1 aromatic rings. The van der Waals surface area contributed by atoms with Crippen molar-refractivity contribution in [1.29, 1.82) is 0 Å². The Kier molecular flexibility index (Phi) is 4.69. The Morgan fingerprint density at radius 3 is 2.42 bits per heavy atom. The van der Waals surface area contributed by atoms with Gasteiger partial charge >= 0.3 is 11.8 Å². The molecule has 1 saturated heterocycles. The minimum Gasteiger partial charge on any atom is -0.328 e. The molecule has 0 aromatic heterocycles. The molecule has 2 amide bonds. The fourth-order valence-corrected chi connectivity index (χ4v) is 4.15. The number of hydrogen-bond donors (Lipinski definition) is 1. The van der Waals surface area contributed by atoms with Crippen molar-refractivity contribution in [2.75, 3.05) is 5.32 Å². The van der Waals surface area contributed by atoms with E-state index in [1.54, 1.807) is 29.2 Å². The minimum atomic E-state index is -0.594. The lowest BCUT2D eigenvalue weighted by molar-refractivity contribution is -0.145. The van der Waals surface area contributed by atoms with E-state index in [-0.39, 0.29) is 17.9 Å². The predicted octanol–water partition coefficient (Wildman–Crippen LogP) is 3.01. The largest absolute Gasteiger partial charge is 0.328 e. The van der Waals surface area contributed by atoms with Crippen molar-refractivity contribution in [1.82, 2.24) is 4.90 Å². The van der Waals surface area contributed by atoms with E-state index >= 15 is 0 Å². The summed E-state index contributed by atoms with van der Waals surface area (Å²) in [6.07, 6.45) is 5.52. The van der Waals surface area contributed by atoms with Gasteiger partial charge in [-0.25, -0.2) is 0 Å².